The minimum atomic E-state index is 0.360. The lowest BCUT2D eigenvalue weighted by atomic mass is 9.92. The van der Waals surface area contributed by atoms with Crippen molar-refractivity contribution in [3.05, 3.63) is 0 Å². The van der Waals surface area contributed by atoms with Crippen LogP contribution < -0.4 is 0 Å². The van der Waals surface area contributed by atoms with Crippen LogP contribution in [0.2, 0.25) is 0 Å². The number of fused-ring (bicyclic) bond motifs is 2. The van der Waals surface area contributed by atoms with Crippen molar-refractivity contribution in [3.8, 4) is 0 Å². The molecule has 0 amide bonds. The first-order valence-electron chi connectivity index (χ1n) is 8.70. The molecule has 2 atom stereocenters. The van der Waals surface area contributed by atoms with Gasteiger partial charge in [0.25, 0.3) is 0 Å². The van der Waals surface area contributed by atoms with Gasteiger partial charge in [-0.15, -0.1) is 0 Å². The lowest BCUT2D eigenvalue weighted by Crippen LogP contribution is -2.50. The van der Waals surface area contributed by atoms with Crippen molar-refractivity contribution in [2.45, 2.75) is 64.6 Å². The third-order valence-electron chi connectivity index (χ3n) is 5.93. The lowest BCUT2D eigenvalue weighted by Gasteiger charge is -2.42. The summed E-state index contributed by atoms with van der Waals surface area (Å²) in [5, 5.41) is 0. The van der Waals surface area contributed by atoms with E-state index in [2.05, 4.69) is 42.4 Å². The van der Waals surface area contributed by atoms with Gasteiger partial charge in [-0.05, 0) is 65.6 Å². The highest BCUT2D eigenvalue weighted by Gasteiger charge is 2.43. The molecule has 0 spiro atoms. The van der Waals surface area contributed by atoms with Gasteiger partial charge in [-0.1, -0.05) is 6.92 Å². The van der Waals surface area contributed by atoms with Crippen LogP contribution in [0.4, 0.5) is 0 Å². The Bertz CT molecular complexity index is 328. The van der Waals surface area contributed by atoms with Crippen molar-refractivity contribution in [1.29, 1.82) is 0 Å². The molecule has 3 nitrogen and oxygen atoms in total. The Morgan fingerprint density at radius 2 is 1.55 bits per heavy atom. The molecule has 0 aromatic rings. The van der Waals surface area contributed by atoms with E-state index in [4.69, 9.17) is 0 Å². The summed E-state index contributed by atoms with van der Waals surface area (Å²) >= 11 is 0. The van der Waals surface area contributed by atoms with E-state index in [1.54, 1.807) is 0 Å². The zero-order valence-electron chi connectivity index (χ0n) is 13.9. The molecule has 3 fully saturated rings. The normalized spacial score (nSPS) is 34.2. The quantitative estimate of drug-likeness (QED) is 0.785. The second kappa shape index (κ2) is 5.58. The molecular weight excluding hydrogens is 246 g/mol. The summed E-state index contributed by atoms with van der Waals surface area (Å²) in [7, 11) is 0. The topological polar surface area (TPSA) is 9.72 Å². The predicted octanol–water partition coefficient (Wildman–Crippen LogP) is 2.28. The molecule has 3 rings (SSSR count). The van der Waals surface area contributed by atoms with Gasteiger partial charge in [0, 0.05) is 37.3 Å². The fourth-order valence-electron chi connectivity index (χ4n) is 4.56. The van der Waals surface area contributed by atoms with Gasteiger partial charge in [-0.25, -0.2) is 0 Å². The fourth-order valence-corrected chi connectivity index (χ4v) is 4.56. The third kappa shape index (κ3) is 2.90. The summed E-state index contributed by atoms with van der Waals surface area (Å²) in [4.78, 5) is 8.16. The van der Waals surface area contributed by atoms with Gasteiger partial charge in [-0.2, -0.15) is 0 Å². The summed E-state index contributed by atoms with van der Waals surface area (Å²) in [6.07, 6.45) is 4.25. The van der Waals surface area contributed by atoms with Gasteiger partial charge in [0.2, 0.25) is 0 Å². The lowest BCUT2D eigenvalue weighted by molar-refractivity contribution is 0.0606. The number of likely N-dealkylation sites (tertiary alicyclic amines) is 3. The van der Waals surface area contributed by atoms with Crippen LogP contribution in [0.25, 0.3) is 0 Å². The summed E-state index contributed by atoms with van der Waals surface area (Å²) in [6.45, 7) is 17.3. The summed E-state index contributed by atoms with van der Waals surface area (Å²) in [5.41, 5.74) is 0.360. The maximum absolute atomic E-state index is 2.81. The first kappa shape index (κ1) is 14.8. The largest absolute Gasteiger partial charge is 0.298 e. The Morgan fingerprint density at radius 3 is 2.05 bits per heavy atom. The Balaban J connectivity index is 1.45. The molecule has 2 bridgehead atoms. The molecule has 0 radical (unpaired) electrons. The van der Waals surface area contributed by atoms with Crippen molar-refractivity contribution in [3.63, 3.8) is 0 Å². The van der Waals surface area contributed by atoms with E-state index < -0.39 is 0 Å². The maximum Gasteiger partial charge on any atom is 0.0239 e. The molecule has 0 aromatic heterocycles. The van der Waals surface area contributed by atoms with Gasteiger partial charge in [0.05, 0.1) is 0 Å². The average Bonchev–Trinajstić information content (AvgIpc) is 2.97. The Labute approximate surface area is 125 Å². The van der Waals surface area contributed by atoms with Crippen molar-refractivity contribution in [2.75, 3.05) is 39.3 Å². The predicted molar refractivity (Wildman–Crippen MR) is 85.1 cm³/mol. The standard InChI is InChI=1S/C17H33N3/c1-5-18-12-16-10-15(18)13-19(16)11-14-6-8-20(9-7-14)17(2,3)4/h14-16H,5-13H2,1-4H3/t15-,16-/m0/s1. The van der Waals surface area contributed by atoms with Gasteiger partial charge in [0.15, 0.2) is 0 Å². The number of likely N-dealkylation sites (N-methyl/N-ethyl adjacent to an activating group) is 1. The van der Waals surface area contributed by atoms with Crippen LogP contribution in [-0.4, -0.2) is 71.6 Å². The number of piperidine rings is 1. The van der Waals surface area contributed by atoms with E-state index in [1.165, 1.54) is 58.5 Å². The van der Waals surface area contributed by atoms with Crippen molar-refractivity contribution in [2.24, 2.45) is 5.92 Å². The molecule has 3 aliphatic heterocycles. The second-order valence-corrected chi connectivity index (χ2v) is 8.19. The molecule has 3 aliphatic rings. The summed E-state index contributed by atoms with van der Waals surface area (Å²) in [5.74, 6) is 0.947. The monoisotopic (exact) mass is 279 g/mol. The number of rotatable bonds is 3. The van der Waals surface area contributed by atoms with Crippen LogP contribution in [0.1, 0.15) is 47.0 Å². The Kier molecular flexibility index (Phi) is 4.13. The van der Waals surface area contributed by atoms with Crippen LogP contribution in [0, 0.1) is 5.92 Å². The smallest absolute Gasteiger partial charge is 0.0239 e. The van der Waals surface area contributed by atoms with Crippen molar-refractivity contribution < 1.29 is 0 Å². The van der Waals surface area contributed by atoms with Crippen LogP contribution in [0.5, 0.6) is 0 Å². The Morgan fingerprint density at radius 1 is 0.950 bits per heavy atom. The first-order valence-corrected chi connectivity index (χ1v) is 8.70. The van der Waals surface area contributed by atoms with E-state index in [0.29, 0.717) is 5.54 Å². The maximum atomic E-state index is 2.81. The molecule has 0 unspecified atom stereocenters. The molecule has 3 heteroatoms. The zero-order chi connectivity index (χ0) is 14.3. The van der Waals surface area contributed by atoms with Crippen LogP contribution in [0.15, 0.2) is 0 Å². The average molecular weight is 279 g/mol. The first-order chi connectivity index (χ1) is 9.47. The number of hydrogen-bond donors (Lipinski definition) is 0. The summed E-state index contributed by atoms with van der Waals surface area (Å²) in [6, 6.07) is 1.75. The molecule has 20 heavy (non-hydrogen) atoms. The third-order valence-corrected chi connectivity index (χ3v) is 5.93. The van der Waals surface area contributed by atoms with E-state index >= 15 is 0 Å². The molecule has 0 aromatic carbocycles. The minimum absolute atomic E-state index is 0.360. The number of hydrogen-bond acceptors (Lipinski definition) is 3. The van der Waals surface area contributed by atoms with E-state index in [-0.39, 0.29) is 0 Å². The highest BCUT2D eigenvalue weighted by atomic mass is 15.3. The highest BCUT2D eigenvalue weighted by Crippen LogP contribution is 2.32. The second-order valence-electron chi connectivity index (χ2n) is 8.19. The molecule has 3 saturated heterocycles. The minimum Gasteiger partial charge on any atom is -0.298 e. The van der Waals surface area contributed by atoms with E-state index in [9.17, 15) is 0 Å². The molecular formula is C17H33N3. The van der Waals surface area contributed by atoms with Gasteiger partial charge >= 0.3 is 0 Å². The van der Waals surface area contributed by atoms with Crippen molar-refractivity contribution in [1.82, 2.24) is 14.7 Å². The van der Waals surface area contributed by atoms with Crippen LogP contribution >= 0.6 is 0 Å². The zero-order valence-corrected chi connectivity index (χ0v) is 13.9. The van der Waals surface area contributed by atoms with Crippen LogP contribution in [-0.2, 0) is 0 Å². The van der Waals surface area contributed by atoms with Gasteiger partial charge < -0.3 is 0 Å². The van der Waals surface area contributed by atoms with E-state index in [1.807, 2.05) is 0 Å². The molecule has 0 N–H and O–H groups in total. The number of nitrogens with zero attached hydrogens (tertiary/aromatic N) is 3. The molecule has 3 heterocycles. The van der Waals surface area contributed by atoms with Crippen LogP contribution in [0.3, 0.4) is 0 Å². The molecule has 0 aliphatic carbocycles. The Hall–Kier alpha value is -0.120. The van der Waals surface area contributed by atoms with Gasteiger partial charge in [0.1, 0.15) is 0 Å². The fraction of sp³-hybridized carbons (Fsp3) is 1.00. The highest BCUT2D eigenvalue weighted by molar-refractivity contribution is 4.99. The molecule has 0 saturated carbocycles. The molecule has 116 valence electrons. The van der Waals surface area contributed by atoms with E-state index in [0.717, 1.165) is 18.0 Å². The van der Waals surface area contributed by atoms with Crippen molar-refractivity contribution >= 4 is 0 Å². The SMILES string of the molecule is CCN1C[C@@H]2C[C@H]1CN2CC1CCN(C(C)(C)C)CC1. The van der Waals surface area contributed by atoms with Gasteiger partial charge in [-0.3, -0.25) is 14.7 Å². The number of piperazine rings is 1. The summed E-state index contributed by atoms with van der Waals surface area (Å²) < 4.78 is 0.